The van der Waals surface area contributed by atoms with Gasteiger partial charge >= 0.3 is 0 Å². The fourth-order valence-electron chi connectivity index (χ4n) is 0.634. The summed E-state index contributed by atoms with van der Waals surface area (Å²) in [6, 6.07) is 0. The molecular weight excluding hydrogens is 190 g/mol. The summed E-state index contributed by atoms with van der Waals surface area (Å²) in [5.41, 5.74) is 0. The molecule has 78 valence electrons. The first-order valence-electron chi connectivity index (χ1n) is 3.37. The lowest BCUT2D eigenvalue weighted by Gasteiger charge is -2.23. The predicted octanol–water partition coefficient (Wildman–Crippen LogP) is -2.11. The van der Waals surface area contributed by atoms with Crippen LogP contribution < -0.4 is 0 Å². The van der Waals surface area contributed by atoms with E-state index in [9.17, 15) is 13.6 Å². The summed E-state index contributed by atoms with van der Waals surface area (Å²) in [6.07, 6.45) is -12.3. The standard InChI is InChI=1S/C6H10F2O5/c7-6(8)5(13)4(12)3(11)2(10)1-9/h1-6,10-13H/t2-,3+,4+,5-/m0/s1. The van der Waals surface area contributed by atoms with Gasteiger partial charge < -0.3 is 25.2 Å². The van der Waals surface area contributed by atoms with Crippen molar-refractivity contribution >= 4 is 6.29 Å². The molecule has 0 aromatic carbocycles. The lowest BCUT2D eigenvalue weighted by Crippen LogP contribution is -2.47. The Balaban J connectivity index is 4.23. The van der Waals surface area contributed by atoms with Gasteiger partial charge in [0.25, 0.3) is 6.43 Å². The Kier molecular flexibility index (Phi) is 4.92. The third kappa shape index (κ3) is 3.31. The second-order valence-corrected chi connectivity index (χ2v) is 2.43. The normalized spacial score (nSPS) is 20.8. The summed E-state index contributed by atoms with van der Waals surface area (Å²) in [4.78, 5) is 9.85. The first-order valence-corrected chi connectivity index (χ1v) is 3.37. The minimum atomic E-state index is -3.26. The number of halogens is 2. The molecule has 0 spiro atoms. The van der Waals surface area contributed by atoms with E-state index in [0.717, 1.165) is 0 Å². The highest BCUT2D eigenvalue weighted by Gasteiger charge is 2.34. The van der Waals surface area contributed by atoms with Crippen LogP contribution in [-0.4, -0.2) is 57.6 Å². The maximum Gasteiger partial charge on any atom is 0.266 e. The summed E-state index contributed by atoms with van der Waals surface area (Å²) in [5.74, 6) is 0. The Labute approximate surface area is 72.2 Å². The van der Waals surface area contributed by atoms with Crippen molar-refractivity contribution in [2.75, 3.05) is 0 Å². The van der Waals surface area contributed by atoms with Crippen LogP contribution in [0.15, 0.2) is 0 Å². The second kappa shape index (κ2) is 5.18. The quantitative estimate of drug-likeness (QED) is 0.381. The molecule has 7 heteroatoms. The minimum absolute atomic E-state index is 0.133. The number of hydrogen-bond donors (Lipinski definition) is 4. The van der Waals surface area contributed by atoms with Gasteiger partial charge in [0.2, 0.25) is 0 Å². The fraction of sp³-hybridized carbons (Fsp3) is 0.833. The van der Waals surface area contributed by atoms with Crippen LogP contribution in [0.25, 0.3) is 0 Å². The molecule has 0 aliphatic heterocycles. The lowest BCUT2D eigenvalue weighted by molar-refractivity contribution is -0.149. The third-order valence-corrected chi connectivity index (χ3v) is 1.45. The van der Waals surface area contributed by atoms with Crippen molar-refractivity contribution in [3.63, 3.8) is 0 Å². The zero-order chi connectivity index (χ0) is 10.6. The van der Waals surface area contributed by atoms with Gasteiger partial charge in [-0.2, -0.15) is 0 Å². The highest BCUT2D eigenvalue weighted by atomic mass is 19.3. The molecule has 5 nitrogen and oxygen atoms in total. The highest BCUT2D eigenvalue weighted by Crippen LogP contribution is 2.10. The van der Waals surface area contributed by atoms with Gasteiger partial charge in [0.05, 0.1) is 0 Å². The van der Waals surface area contributed by atoms with Crippen LogP contribution in [0, 0.1) is 0 Å². The summed E-state index contributed by atoms with van der Waals surface area (Å²) in [6.45, 7) is 0. The molecule has 0 unspecified atom stereocenters. The van der Waals surface area contributed by atoms with Crippen molar-refractivity contribution in [2.45, 2.75) is 30.8 Å². The average molecular weight is 200 g/mol. The van der Waals surface area contributed by atoms with Crippen molar-refractivity contribution in [1.29, 1.82) is 0 Å². The van der Waals surface area contributed by atoms with E-state index in [0.29, 0.717) is 0 Å². The first-order chi connectivity index (χ1) is 5.91. The number of rotatable bonds is 5. The largest absolute Gasteiger partial charge is 0.387 e. The summed E-state index contributed by atoms with van der Waals surface area (Å²) >= 11 is 0. The number of aliphatic hydroxyl groups is 4. The molecule has 0 bridgehead atoms. The van der Waals surface area contributed by atoms with Crippen LogP contribution in [0.4, 0.5) is 8.78 Å². The molecule has 0 saturated carbocycles. The average Bonchev–Trinajstić information content (AvgIpc) is 2.12. The van der Waals surface area contributed by atoms with Gasteiger partial charge in [0, 0.05) is 0 Å². The van der Waals surface area contributed by atoms with Crippen LogP contribution in [0.3, 0.4) is 0 Å². The summed E-state index contributed by atoms with van der Waals surface area (Å²) in [5, 5.41) is 34.7. The van der Waals surface area contributed by atoms with Crippen LogP contribution in [0.5, 0.6) is 0 Å². The Morgan fingerprint density at radius 1 is 0.923 bits per heavy atom. The van der Waals surface area contributed by atoms with Gasteiger partial charge in [-0.05, 0) is 0 Å². The molecule has 0 aromatic rings. The van der Waals surface area contributed by atoms with Crippen LogP contribution in [0.1, 0.15) is 0 Å². The van der Waals surface area contributed by atoms with Crippen molar-refractivity contribution in [3.8, 4) is 0 Å². The number of carbonyl (C=O) groups excluding carboxylic acids is 1. The van der Waals surface area contributed by atoms with E-state index in [4.69, 9.17) is 20.4 Å². The topological polar surface area (TPSA) is 98.0 Å². The number of hydrogen-bond acceptors (Lipinski definition) is 5. The van der Waals surface area contributed by atoms with Crippen LogP contribution in [0.2, 0.25) is 0 Å². The molecule has 0 aliphatic carbocycles. The number of aldehydes is 1. The molecule has 4 N–H and O–H groups in total. The molecule has 0 aromatic heterocycles. The molecular formula is C6H10F2O5. The van der Waals surface area contributed by atoms with Gasteiger partial charge in [0.1, 0.15) is 24.4 Å². The first kappa shape index (κ1) is 12.4. The van der Waals surface area contributed by atoms with Crippen LogP contribution >= 0.6 is 0 Å². The van der Waals surface area contributed by atoms with Crippen molar-refractivity contribution in [1.82, 2.24) is 0 Å². The van der Waals surface area contributed by atoms with Gasteiger partial charge in [-0.15, -0.1) is 0 Å². The maximum absolute atomic E-state index is 11.7. The maximum atomic E-state index is 11.7. The molecule has 13 heavy (non-hydrogen) atoms. The second-order valence-electron chi connectivity index (χ2n) is 2.43. The smallest absolute Gasteiger partial charge is 0.266 e. The van der Waals surface area contributed by atoms with Gasteiger partial charge in [0.15, 0.2) is 6.29 Å². The van der Waals surface area contributed by atoms with E-state index in [1.165, 1.54) is 0 Å². The molecule has 0 saturated heterocycles. The molecule has 0 fully saturated rings. The third-order valence-electron chi connectivity index (χ3n) is 1.45. The van der Waals surface area contributed by atoms with E-state index < -0.39 is 30.8 Å². The lowest BCUT2D eigenvalue weighted by atomic mass is 10.0. The predicted molar refractivity (Wildman–Crippen MR) is 36.1 cm³/mol. The fourth-order valence-corrected chi connectivity index (χ4v) is 0.634. The van der Waals surface area contributed by atoms with Gasteiger partial charge in [-0.3, -0.25) is 0 Å². The van der Waals surface area contributed by atoms with E-state index in [-0.39, 0.29) is 6.29 Å². The molecule has 0 heterocycles. The summed E-state index contributed by atoms with van der Waals surface area (Å²) < 4.78 is 23.4. The number of carbonyl (C=O) groups is 1. The van der Waals surface area contributed by atoms with Crippen LogP contribution in [-0.2, 0) is 4.79 Å². The van der Waals surface area contributed by atoms with E-state index >= 15 is 0 Å². The highest BCUT2D eigenvalue weighted by molar-refractivity contribution is 5.56. The van der Waals surface area contributed by atoms with Crippen molar-refractivity contribution < 1.29 is 34.0 Å². The summed E-state index contributed by atoms with van der Waals surface area (Å²) in [7, 11) is 0. The van der Waals surface area contributed by atoms with Gasteiger partial charge in [-0.1, -0.05) is 0 Å². The monoisotopic (exact) mass is 200 g/mol. The number of alkyl halides is 2. The van der Waals surface area contributed by atoms with E-state index in [1.54, 1.807) is 0 Å². The van der Waals surface area contributed by atoms with Gasteiger partial charge in [-0.25, -0.2) is 8.78 Å². The Hall–Kier alpha value is -0.630. The molecule has 4 atom stereocenters. The molecule has 0 aliphatic rings. The zero-order valence-electron chi connectivity index (χ0n) is 6.42. The SMILES string of the molecule is O=C[C@H](O)[C@@H](O)[C@@H](O)[C@H](O)C(F)F. The van der Waals surface area contributed by atoms with Crippen molar-refractivity contribution in [3.05, 3.63) is 0 Å². The number of aliphatic hydroxyl groups excluding tert-OH is 4. The molecule has 0 amide bonds. The molecule has 0 radical (unpaired) electrons. The van der Waals surface area contributed by atoms with E-state index in [1.807, 2.05) is 0 Å². The zero-order valence-corrected chi connectivity index (χ0v) is 6.42. The Morgan fingerprint density at radius 2 is 1.38 bits per heavy atom. The van der Waals surface area contributed by atoms with E-state index in [2.05, 4.69) is 0 Å². The molecule has 0 rings (SSSR count). The minimum Gasteiger partial charge on any atom is -0.387 e. The Bertz CT molecular complexity index is 165. The van der Waals surface area contributed by atoms with Crippen molar-refractivity contribution in [2.24, 2.45) is 0 Å². The Morgan fingerprint density at radius 3 is 1.69 bits per heavy atom.